The molecule has 3 N–H and O–H groups in total. The maximum atomic E-state index is 12.3. The van der Waals surface area contributed by atoms with Gasteiger partial charge >= 0.3 is 0 Å². The Morgan fingerprint density at radius 1 is 1.43 bits per heavy atom. The lowest BCUT2D eigenvalue weighted by Gasteiger charge is -2.15. The molecule has 0 spiro atoms. The Morgan fingerprint density at radius 3 is 2.76 bits per heavy atom. The van der Waals surface area contributed by atoms with Crippen LogP contribution in [0.5, 0.6) is 11.5 Å². The van der Waals surface area contributed by atoms with Crippen LogP contribution in [0.2, 0.25) is 0 Å². The first-order chi connectivity index (χ1) is 10.0. The first-order valence-corrected chi connectivity index (χ1v) is 7.03. The van der Waals surface area contributed by atoms with Crippen molar-refractivity contribution in [1.29, 1.82) is 0 Å². The van der Waals surface area contributed by atoms with Crippen LogP contribution in [0.15, 0.2) is 12.1 Å². The predicted molar refractivity (Wildman–Crippen MR) is 81.9 cm³/mol. The molecule has 1 heterocycles. The third kappa shape index (κ3) is 3.58. The lowest BCUT2D eigenvalue weighted by Crippen LogP contribution is -2.31. The molecular weight excluding hydrogens is 270 g/mol. The number of amides is 1. The Bertz CT molecular complexity index is 519. The molecule has 116 valence electrons. The molecule has 0 aliphatic carbocycles. The van der Waals surface area contributed by atoms with E-state index in [-0.39, 0.29) is 5.91 Å². The molecule has 1 atom stereocenters. The quantitative estimate of drug-likeness (QED) is 0.791. The predicted octanol–water partition coefficient (Wildman–Crippen LogP) is 0.968. The van der Waals surface area contributed by atoms with Gasteiger partial charge in [-0.15, -0.1) is 0 Å². The third-order valence-corrected chi connectivity index (χ3v) is 3.86. The zero-order valence-electron chi connectivity index (χ0n) is 12.8. The van der Waals surface area contributed by atoms with Crippen LogP contribution in [-0.2, 0) is 0 Å². The summed E-state index contributed by atoms with van der Waals surface area (Å²) >= 11 is 0. The summed E-state index contributed by atoms with van der Waals surface area (Å²) < 4.78 is 10.4. The first kappa shape index (κ1) is 15.4. The molecule has 1 aromatic carbocycles. The molecule has 1 saturated heterocycles. The number of ether oxygens (including phenoxy) is 2. The second-order valence-electron chi connectivity index (χ2n) is 5.42. The minimum atomic E-state index is -0.195. The summed E-state index contributed by atoms with van der Waals surface area (Å²) in [5.74, 6) is 1.29. The number of carbonyl (C=O) groups is 1. The Hall–Kier alpha value is -1.95. The van der Waals surface area contributed by atoms with Crippen LogP contribution in [0.25, 0.3) is 0 Å². The Balaban J connectivity index is 2.07. The molecule has 1 aromatic rings. The summed E-state index contributed by atoms with van der Waals surface area (Å²) in [6, 6.07) is 3.30. The number of anilines is 1. The highest BCUT2D eigenvalue weighted by Crippen LogP contribution is 2.31. The van der Waals surface area contributed by atoms with E-state index >= 15 is 0 Å². The number of carbonyl (C=O) groups excluding carboxylic acids is 1. The highest BCUT2D eigenvalue weighted by molar-refractivity contribution is 6.00. The van der Waals surface area contributed by atoms with Crippen molar-refractivity contribution in [2.45, 2.75) is 6.42 Å². The van der Waals surface area contributed by atoms with E-state index < -0.39 is 0 Å². The van der Waals surface area contributed by atoms with E-state index in [1.807, 2.05) is 0 Å². The van der Waals surface area contributed by atoms with Gasteiger partial charge in [-0.25, -0.2) is 0 Å². The summed E-state index contributed by atoms with van der Waals surface area (Å²) in [5.41, 5.74) is 6.69. The van der Waals surface area contributed by atoms with Gasteiger partial charge in [-0.1, -0.05) is 0 Å². The summed E-state index contributed by atoms with van der Waals surface area (Å²) in [5, 5.41) is 2.95. The summed E-state index contributed by atoms with van der Waals surface area (Å²) in [7, 11) is 5.15. The summed E-state index contributed by atoms with van der Waals surface area (Å²) in [6.45, 7) is 2.75. The van der Waals surface area contributed by atoms with E-state index in [1.54, 1.807) is 19.2 Å². The molecule has 21 heavy (non-hydrogen) atoms. The van der Waals surface area contributed by atoms with Crippen molar-refractivity contribution in [3.63, 3.8) is 0 Å². The van der Waals surface area contributed by atoms with Crippen LogP contribution in [-0.4, -0.2) is 51.7 Å². The maximum Gasteiger partial charge on any atom is 0.253 e. The molecule has 0 bridgehead atoms. The Labute approximate surface area is 125 Å². The van der Waals surface area contributed by atoms with Gasteiger partial charge in [0.2, 0.25) is 0 Å². The van der Waals surface area contributed by atoms with Gasteiger partial charge < -0.3 is 25.4 Å². The largest absolute Gasteiger partial charge is 0.497 e. The number of nitrogens with one attached hydrogen (secondary N) is 1. The van der Waals surface area contributed by atoms with Gasteiger partial charge in [-0.3, -0.25) is 4.79 Å². The number of nitrogens with two attached hydrogens (primary N) is 1. The van der Waals surface area contributed by atoms with Crippen LogP contribution < -0.4 is 20.5 Å². The van der Waals surface area contributed by atoms with Crippen LogP contribution >= 0.6 is 0 Å². The average molecular weight is 293 g/mol. The van der Waals surface area contributed by atoms with Gasteiger partial charge in [0, 0.05) is 19.2 Å². The minimum absolute atomic E-state index is 0.195. The number of rotatable bonds is 5. The number of nitrogens with zero attached hydrogens (tertiary/aromatic N) is 1. The number of likely N-dealkylation sites (tertiary alicyclic amines) is 1. The zero-order valence-corrected chi connectivity index (χ0v) is 12.8. The fourth-order valence-electron chi connectivity index (χ4n) is 2.60. The van der Waals surface area contributed by atoms with Gasteiger partial charge in [0.15, 0.2) is 0 Å². The van der Waals surface area contributed by atoms with Gasteiger partial charge in [0.25, 0.3) is 5.91 Å². The molecule has 1 fully saturated rings. The number of hydrogen-bond acceptors (Lipinski definition) is 5. The number of hydrogen-bond donors (Lipinski definition) is 2. The molecular formula is C15H23N3O3. The Kier molecular flexibility index (Phi) is 4.90. The molecule has 6 nitrogen and oxygen atoms in total. The van der Waals surface area contributed by atoms with Gasteiger partial charge in [-0.2, -0.15) is 0 Å². The number of methoxy groups -OCH3 is 2. The number of nitrogen functional groups attached to an aromatic ring is 1. The van der Waals surface area contributed by atoms with Crippen LogP contribution in [0.1, 0.15) is 16.8 Å². The lowest BCUT2D eigenvalue weighted by atomic mass is 10.1. The molecule has 1 aliphatic heterocycles. The molecule has 0 radical (unpaired) electrons. The summed E-state index contributed by atoms with van der Waals surface area (Å²) in [6.07, 6.45) is 1.10. The molecule has 2 rings (SSSR count). The Morgan fingerprint density at radius 2 is 2.19 bits per heavy atom. The van der Waals surface area contributed by atoms with Crippen molar-refractivity contribution >= 4 is 11.6 Å². The third-order valence-electron chi connectivity index (χ3n) is 3.86. The fourth-order valence-corrected chi connectivity index (χ4v) is 2.60. The molecule has 0 saturated carbocycles. The van der Waals surface area contributed by atoms with Crippen molar-refractivity contribution in [3.8, 4) is 11.5 Å². The molecule has 1 unspecified atom stereocenters. The maximum absolute atomic E-state index is 12.3. The molecule has 1 aliphatic rings. The first-order valence-electron chi connectivity index (χ1n) is 7.03. The van der Waals surface area contributed by atoms with E-state index in [9.17, 15) is 4.79 Å². The lowest BCUT2D eigenvalue weighted by molar-refractivity contribution is 0.0948. The highest BCUT2D eigenvalue weighted by Gasteiger charge is 2.21. The van der Waals surface area contributed by atoms with Crippen molar-refractivity contribution in [1.82, 2.24) is 10.2 Å². The van der Waals surface area contributed by atoms with Gasteiger partial charge in [-0.05, 0) is 32.0 Å². The second-order valence-corrected chi connectivity index (χ2v) is 5.42. The van der Waals surface area contributed by atoms with Crippen LogP contribution in [0, 0.1) is 5.92 Å². The van der Waals surface area contributed by atoms with Crippen LogP contribution in [0.4, 0.5) is 5.69 Å². The summed E-state index contributed by atoms with van der Waals surface area (Å²) in [4.78, 5) is 14.6. The zero-order chi connectivity index (χ0) is 15.4. The van der Waals surface area contributed by atoms with Gasteiger partial charge in [0.05, 0.1) is 25.5 Å². The smallest absolute Gasteiger partial charge is 0.253 e. The van der Waals surface area contributed by atoms with E-state index in [0.29, 0.717) is 35.2 Å². The monoisotopic (exact) mass is 293 g/mol. The standard InChI is InChI=1S/C15H23N3O3/c1-18-5-4-10(9-18)8-17-15(19)12-6-11(20-2)7-13(21-3)14(12)16/h6-7,10H,4-5,8-9,16H2,1-3H3,(H,17,19). The minimum Gasteiger partial charge on any atom is -0.497 e. The number of benzene rings is 1. The average Bonchev–Trinajstić information content (AvgIpc) is 2.90. The van der Waals surface area contributed by atoms with Gasteiger partial charge in [0.1, 0.15) is 11.5 Å². The van der Waals surface area contributed by atoms with E-state index in [2.05, 4.69) is 17.3 Å². The van der Waals surface area contributed by atoms with Crippen molar-refractivity contribution in [3.05, 3.63) is 17.7 Å². The van der Waals surface area contributed by atoms with E-state index in [0.717, 1.165) is 19.5 Å². The fraction of sp³-hybridized carbons (Fsp3) is 0.533. The molecule has 6 heteroatoms. The highest BCUT2D eigenvalue weighted by atomic mass is 16.5. The van der Waals surface area contributed by atoms with Crippen molar-refractivity contribution < 1.29 is 14.3 Å². The topological polar surface area (TPSA) is 76.8 Å². The van der Waals surface area contributed by atoms with Crippen molar-refractivity contribution in [2.75, 3.05) is 46.6 Å². The second kappa shape index (κ2) is 6.67. The van der Waals surface area contributed by atoms with Crippen LogP contribution in [0.3, 0.4) is 0 Å². The SMILES string of the molecule is COc1cc(OC)c(N)c(C(=O)NCC2CCN(C)C2)c1. The normalized spacial score (nSPS) is 18.5. The van der Waals surface area contributed by atoms with E-state index in [4.69, 9.17) is 15.2 Å². The molecule has 0 aromatic heterocycles. The molecule has 1 amide bonds. The van der Waals surface area contributed by atoms with E-state index in [1.165, 1.54) is 7.11 Å². The van der Waals surface area contributed by atoms with Crippen molar-refractivity contribution in [2.24, 2.45) is 5.92 Å².